The van der Waals surface area contributed by atoms with Gasteiger partial charge in [0, 0.05) is 4.88 Å². The molecule has 1 N–H and O–H groups in total. The minimum Gasteiger partial charge on any atom is -0.331 e. The number of carbonyl (C=O) groups is 1. The van der Waals surface area contributed by atoms with E-state index in [1.54, 1.807) is 11.8 Å². The molecule has 0 saturated carbocycles. The highest BCUT2D eigenvalue weighted by molar-refractivity contribution is 8.01. The Morgan fingerprint density at radius 3 is 2.95 bits per heavy atom. The Labute approximate surface area is 136 Å². The number of hydrogen-bond donors (Lipinski definition) is 1. The van der Waals surface area contributed by atoms with Gasteiger partial charge in [-0.15, -0.1) is 22.7 Å². The van der Waals surface area contributed by atoms with Gasteiger partial charge in [0.15, 0.2) is 10.4 Å². The van der Waals surface area contributed by atoms with Gasteiger partial charge in [-0.1, -0.05) is 31.7 Å². The molecule has 0 aromatic carbocycles. The first-order chi connectivity index (χ1) is 10.2. The topological polar surface area (TPSA) is 65.8 Å². The largest absolute Gasteiger partial charge is 0.331 e. The molecule has 2 aromatic heterocycles. The lowest BCUT2D eigenvalue weighted by Crippen LogP contribution is -2.27. The molecule has 0 radical (unpaired) electrons. The summed E-state index contributed by atoms with van der Waals surface area (Å²) < 4.78 is 0.907. The number of amides is 1. The first kappa shape index (κ1) is 16.0. The second kappa shape index (κ2) is 7.59. The van der Waals surface area contributed by atoms with Gasteiger partial charge in [0.05, 0.1) is 11.8 Å². The minimum absolute atomic E-state index is 0.216. The average Bonchev–Trinajstić information content (AvgIpc) is 3.14. The molecule has 4 nitrogen and oxygen atoms in total. The Morgan fingerprint density at radius 1 is 1.57 bits per heavy atom. The van der Waals surface area contributed by atoms with Gasteiger partial charge in [-0.05, 0) is 23.6 Å². The van der Waals surface area contributed by atoms with Crippen LogP contribution in [0.3, 0.4) is 0 Å². The normalized spacial score (nSPS) is 11.9. The van der Waals surface area contributed by atoms with Crippen molar-refractivity contribution in [3.63, 3.8) is 0 Å². The maximum Gasteiger partial charge on any atom is 0.264 e. The van der Waals surface area contributed by atoms with E-state index in [1.165, 1.54) is 22.7 Å². The van der Waals surface area contributed by atoms with Crippen LogP contribution < -0.4 is 5.32 Å². The van der Waals surface area contributed by atoms with Crippen LogP contribution in [0.25, 0.3) is 0 Å². The first-order valence-electron chi connectivity index (χ1n) is 6.55. The molecule has 2 rings (SSSR count). The van der Waals surface area contributed by atoms with Crippen LogP contribution in [0.2, 0.25) is 0 Å². The number of aryl methyl sites for hydroxylation is 1. The fourth-order valence-corrected chi connectivity index (χ4v) is 4.52. The smallest absolute Gasteiger partial charge is 0.264 e. The van der Waals surface area contributed by atoms with Crippen LogP contribution in [0, 0.1) is 11.3 Å². The summed E-state index contributed by atoms with van der Waals surface area (Å²) in [5, 5.41) is 13.9. The fourth-order valence-electron chi connectivity index (χ4n) is 1.75. The SMILES string of the molecule is CCSc1nc(CC)c(C(=O)NC(C#N)c2cccs2)s1. The number of thiazole rings is 1. The molecule has 0 bridgehead atoms. The second-order valence-electron chi connectivity index (χ2n) is 4.09. The van der Waals surface area contributed by atoms with Crippen LogP contribution in [0.4, 0.5) is 0 Å². The number of hydrogen-bond acceptors (Lipinski definition) is 6. The summed E-state index contributed by atoms with van der Waals surface area (Å²) in [6.07, 6.45) is 0.708. The van der Waals surface area contributed by atoms with Gasteiger partial charge < -0.3 is 5.32 Å². The third kappa shape index (κ3) is 3.84. The minimum atomic E-state index is -0.605. The zero-order chi connectivity index (χ0) is 15.2. The Bertz CT molecular complexity index is 643. The first-order valence-corrected chi connectivity index (χ1v) is 9.24. The molecule has 0 fully saturated rings. The van der Waals surface area contributed by atoms with Crippen LogP contribution in [-0.2, 0) is 6.42 Å². The molecule has 1 amide bonds. The van der Waals surface area contributed by atoms with Crippen molar-refractivity contribution in [2.45, 2.75) is 30.6 Å². The zero-order valence-electron chi connectivity index (χ0n) is 11.8. The second-order valence-corrected chi connectivity index (χ2v) is 7.58. The van der Waals surface area contributed by atoms with Gasteiger partial charge in [-0.25, -0.2) is 4.98 Å². The Kier molecular flexibility index (Phi) is 5.79. The summed E-state index contributed by atoms with van der Waals surface area (Å²) in [6, 6.07) is 5.25. The molecule has 0 saturated heterocycles. The van der Waals surface area contributed by atoms with Crippen molar-refractivity contribution in [3.05, 3.63) is 33.0 Å². The summed E-state index contributed by atoms with van der Waals surface area (Å²) in [5.74, 6) is 0.709. The van der Waals surface area contributed by atoms with Crippen molar-refractivity contribution in [1.82, 2.24) is 10.3 Å². The van der Waals surface area contributed by atoms with Crippen molar-refractivity contribution < 1.29 is 4.79 Å². The highest BCUT2D eigenvalue weighted by Gasteiger charge is 2.21. The van der Waals surface area contributed by atoms with Crippen LogP contribution in [0.1, 0.15) is 40.1 Å². The van der Waals surface area contributed by atoms with E-state index in [0.29, 0.717) is 11.3 Å². The number of nitrogens with zero attached hydrogens (tertiary/aromatic N) is 2. The maximum atomic E-state index is 12.4. The number of thioether (sulfide) groups is 1. The molecule has 21 heavy (non-hydrogen) atoms. The molecule has 0 spiro atoms. The van der Waals surface area contributed by atoms with Gasteiger partial charge in [0.2, 0.25) is 0 Å². The number of aromatic nitrogens is 1. The van der Waals surface area contributed by atoms with Crippen LogP contribution in [-0.4, -0.2) is 16.6 Å². The molecule has 110 valence electrons. The van der Waals surface area contributed by atoms with Crippen molar-refractivity contribution >= 4 is 40.3 Å². The molecule has 0 aliphatic carbocycles. The fraction of sp³-hybridized carbons (Fsp3) is 0.357. The Hall–Kier alpha value is -1.36. The van der Waals surface area contributed by atoms with Gasteiger partial charge in [0.1, 0.15) is 4.88 Å². The average molecular weight is 337 g/mol. The third-order valence-electron chi connectivity index (χ3n) is 2.72. The summed E-state index contributed by atoms with van der Waals surface area (Å²) in [5.41, 5.74) is 0.802. The van der Waals surface area contributed by atoms with Crippen molar-refractivity contribution in [2.24, 2.45) is 0 Å². The van der Waals surface area contributed by atoms with Crippen molar-refractivity contribution in [1.29, 1.82) is 5.26 Å². The third-order valence-corrected chi connectivity index (χ3v) is 5.78. The maximum absolute atomic E-state index is 12.4. The van der Waals surface area contributed by atoms with E-state index in [1.807, 2.05) is 24.4 Å². The summed E-state index contributed by atoms with van der Waals surface area (Å²) in [7, 11) is 0. The van der Waals surface area contributed by atoms with Gasteiger partial charge in [-0.3, -0.25) is 4.79 Å². The van der Waals surface area contributed by atoms with Crippen LogP contribution in [0.5, 0.6) is 0 Å². The highest BCUT2D eigenvalue weighted by atomic mass is 32.2. The van der Waals surface area contributed by atoms with E-state index in [2.05, 4.69) is 23.3 Å². The number of nitrogens with one attached hydrogen (secondary N) is 1. The van der Waals surface area contributed by atoms with E-state index in [4.69, 9.17) is 0 Å². The number of thiophene rings is 1. The summed E-state index contributed by atoms with van der Waals surface area (Å²) in [6.45, 7) is 4.03. The van der Waals surface area contributed by atoms with Gasteiger partial charge >= 0.3 is 0 Å². The Balaban J connectivity index is 2.18. The zero-order valence-corrected chi connectivity index (χ0v) is 14.2. The quantitative estimate of drug-likeness (QED) is 0.813. The molecule has 2 aromatic rings. The lowest BCUT2D eigenvalue weighted by atomic mass is 10.2. The predicted molar refractivity (Wildman–Crippen MR) is 88.0 cm³/mol. The van der Waals surface area contributed by atoms with E-state index in [0.717, 1.165) is 20.7 Å². The van der Waals surface area contributed by atoms with E-state index < -0.39 is 6.04 Å². The Morgan fingerprint density at radius 2 is 2.38 bits per heavy atom. The predicted octanol–water partition coefficient (Wildman–Crippen LogP) is 3.87. The molecular formula is C14H15N3OS3. The molecule has 7 heteroatoms. The highest BCUT2D eigenvalue weighted by Crippen LogP contribution is 2.28. The number of nitriles is 1. The van der Waals surface area contributed by atoms with Gasteiger partial charge in [-0.2, -0.15) is 5.26 Å². The summed E-state index contributed by atoms with van der Waals surface area (Å²) >= 11 is 4.49. The van der Waals surface area contributed by atoms with Crippen LogP contribution >= 0.6 is 34.4 Å². The standard InChI is InChI=1S/C14H15N3OS3/c1-3-9-12(21-14(17-9)19-4-2)13(18)16-10(8-15)11-6-5-7-20-11/h5-7,10H,3-4H2,1-2H3,(H,16,18). The molecule has 0 aliphatic heterocycles. The lowest BCUT2D eigenvalue weighted by molar-refractivity contribution is 0.0948. The number of carbonyl (C=O) groups excluding carboxylic acids is 1. The van der Waals surface area contributed by atoms with Crippen molar-refractivity contribution in [3.8, 4) is 6.07 Å². The van der Waals surface area contributed by atoms with E-state index in [9.17, 15) is 10.1 Å². The monoisotopic (exact) mass is 337 g/mol. The molecule has 1 unspecified atom stereocenters. The molecule has 1 atom stereocenters. The van der Waals surface area contributed by atoms with E-state index in [-0.39, 0.29) is 5.91 Å². The van der Waals surface area contributed by atoms with Gasteiger partial charge in [0.25, 0.3) is 5.91 Å². The molecule has 2 heterocycles. The summed E-state index contributed by atoms with van der Waals surface area (Å²) in [4.78, 5) is 18.3. The van der Waals surface area contributed by atoms with Crippen LogP contribution in [0.15, 0.2) is 21.9 Å². The molecule has 0 aliphatic rings. The van der Waals surface area contributed by atoms with E-state index >= 15 is 0 Å². The lowest BCUT2D eigenvalue weighted by Gasteiger charge is -2.09. The number of rotatable bonds is 6. The van der Waals surface area contributed by atoms with Crippen molar-refractivity contribution in [2.75, 3.05) is 5.75 Å². The molecular weight excluding hydrogens is 322 g/mol.